The molecule has 46 heavy (non-hydrogen) atoms. The normalized spacial score (nSPS) is 17.6. The highest BCUT2D eigenvalue weighted by Gasteiger charge is 2.34. The van der Waals surface area contributed by atoms with Crippen molar-refractivity contribution < 1.29 is 18.7 Å². The van der Waals surface area contributed by atoms with Crippen LogP contribution in [0.25, 0.3) is 0 Å². The lowest BCUT2D eigenvalue weighted by molar-refractivity contribution is -0.140. The molecule has 1 aliphatic carbocycles. The zero-order chi connectivity index (χ0) is 33.3. The molecule has 3 heterocycles. The van der Waals surface area contributed by atoms with Gasteiger partial charge in [0, 0.05) is 22.3 Å². The average Bonchev–Trinajstić information content (AvgIpc) is 3.68. The number of aryl methyl sites for hydroxylation is 3. The SMILES string of the molecule is Cc1nc(CN(C(=O)C2CCC(n3cc(Cn4c(C)cc(C(=O)OC(C)(C)C)c4C)nn3)CC2)C(C)c2ccc(Cl)cc2)oc1C. The Bertz CT molecular complexity index is 1670. The van der Waals surface area contributed by atoms with Crippen LogP contribution in [0.15, 0.2) is 40.9 Å². The monoisotopic (exact) mass is 648 g/mol. The molecule has 1 fully saturated rings. The van der Waals surface area contributed by atoms with E-state index >= 15 is 0 Å². The summed E-state index contributed by atoms with van der Waals surface area (Å²) in [6.45, 7) is 16.1. The van der Waals surface area contributed by atoms with Crippen molar-refractivity contribution in [3.8, 4) is 0 Å². The Labute approximate surface area is 276 Å². The van der Waals surface area contributed by atoms with Gasteiger partial charge in [-0.25, -0.2) is 14.5 Å². The molecule has 3 aromatic heterocycles. The number of halogens is 1. The Morgan fingerprint density at radius 2 is 1.76 bits per heavy atom. The lowest BCUT2D eigenvalue weighted by Crippen LogP contribution is -2.39. The van der Waals surface area contributed by atoms with Gasteiger partial charge in [0.2, 0.25) is 11.8 Å². The van der Waals surface area contributed by atoms with Crippen LogP contribution in [0.2, 0.25) is 5.02 Å². The van der Waals surface area contributed by atoms with Crippen LogP contribution in [0.4, 0.5) is 0 Å². The van der Waals surface area contributed by atoms with Crippen LogP contribution in [0.3, 0.4) is 0 Å². The van der Waals surface area contributed by atoms with Crippen molar-refractivity contribution in [2.24, 2.45) is 5.92 Å². The summed E-state index contributed by atoms with van der Waals surface area (Å²) in [6, 6.07) is 9.49. The van der Waals surface area contributed by atoms with E-state index in [2.05, 4.69) is 19.9 Å². The van der Waals surface area contributed by atoms with Gasteiger partial charge in [0.15, 0.2) is 0 Å². The largest absolute Gasteiger partial charge is 0.456 e. The van der Waals surface area contributed by atoms with Crippen LogP contribution in [0.5, 0.6) is 0 Å². The lowest BCUT2D eigenvalue weighted by Gasteiger charge is -2.35. The van der Waals surface area contributed by atoms with Gasteiger partial charge >= 0.3 is 5.97 Å². The van der Waals surface area contributed by atoms with Gasteiger partial charge < -0.3 is 18.6 Å². The van der Waals surface area contributed by atoms with Crippen molar-refractivity contribution in [1.29, 1.82) is 0 Å². The Morgan fingerprint density at radius 1 is 1.09 bits per heavy atom. The summed E-state index contributed by atoms with van der Waals surface area (Å²) in [5.41, 5.74) is 4.46. The molecule has 0 radical (unpaired) electrons. The van der Waals surface area contributed by atoms with E-state index in [9.17, 15) is 9.59 Å². The molecule has 0 bridgehead atoms. The minimum absolute atomic E-state index is 0.105. The fourth-order valence-corrected chi connectivity index (χ4v) is 6.34. The Morgan fingerprint density at radius 3 is 2.37 bits per heavy atom. The third-order valence-corrected chi connectivity index (χ3v) is 9.22. The third kappa shape index (κ3) is 7.54. The molecule has 10 nitrogen and oxygen atoms in total. The number of esters is 1. The molecule has 1 atom stereocenters. The first-order valence-corrected chi connectivity index (χ1v) is 16.4. The summed E-state index contributed by atoms with van der Waals surface area (Å²) >= 11 is 6.15. The minimum atomic E-state index is -0.562. The second-order valence-electron chi connectivity index (χ2n) is 13.5. The van der Waals surface area contributed by atoms with Gasteiger partial charge in [-0.2, -0.15) is 0 Å². The Hall–Kier alpha value is -3.92. The van der Waals surface area contributed by atoms with Gasteiger partial charge in [-0.05, 0) is 105 Å². The second-order valence-corrected chi connectivity index (χ2v) is 13.9. The first kappa shape index (κ1) is 33.4. The number of oxazole rings is 1. The summed E-state index contributed by atoms with van der Waals surface area (Å²) in [5.74, 6) is 0.975. The number of hydrogen-bond donors (Lipinski definition) is 0. The van der Waals surface area contributed by atoms with Crippen molar-refractivity contribution in [2.75, 3.05) is 0 Å². The molecule has 1 amide bonds. The van der Waals surface area contributed by atoms with E-state index in [1.165, 1.54) is 0 Å². The highest BCUT2D eigenvalue weighted by molar-refractivity contribution is 6.30. The molecule has 0 saturated heterocycles. The lowest BCUT2D eigenvalue weighted by atomic mass is 9.84. The van der Waals surface area contributed by atoms with Crippen molar-refractivity contribution in [1.82, 2.24) is 29.4 Å². The van der Waals surface area contributed by atoms with Gasteiger partial charge in [-0.1, -0.05) is 28.9 Å². The number of carbonyl (C=O) groups excluding carboxylic acids is 2. The molecule has 246 valence electrons. The average molecular weight is 649 g/mol. The molecule has 1 unspecified atom stereocenters. The fourth-order valence-electron chi connectivity index (χ4n) is 6.21. The molecule has 1 aliphatic rings. The molecule has 11 heteroatoms. The molecule has 1 aromatic carbocycles. The number of rotatable bonds is 9. The van der Waals surface area contributed by atoms with Crippen LogP contribution in [-0.2, 0) is 22.6 Å². The number of benzene rings is 1. The smallest absolute Gasteiger partial charge is 0.340 e. The zero-order valence-electron chi connectivity index (χ0n) is 28.1. The fraction of sp³-hybridized carbons (Fsp3) is 0.514. The molecular formula is C35H45ClN6O4. The number of amides is 1. The summed E-state index contributed by atoms with van der Waals surface area (Å²) in [7, 11) is 0. The van der Waals surface area contributed by atoms with Crippen molar-refractivity contribution >= 4 is 23.5 Å². The molecule has 0 N–H and O–H groups in total. The van der Waals surface area contributed by atoms with Crippen molar-refractivity contribution in [2.45, 2.75) is 112 Å². The number of ether oxygens (including phenoxy) is 1. The summed E-state index contributed by atoms with van der Waals surface area (Å²) in [6.07, 6.45) is 5.14. The van der Waals surface area contributed by atoms with E-state index in [1.54, 1.807) is 0 Å². The maximum absolute atomic E-state index is 14.1. The van der Waals surface area contributed by atoms with E-state index in [-0.39, 0.29) is 29.9 Å². The number of hydrogen-bond acceptors (Lipinski definition) is 7. The third-order valence-electron chi connectivity index (χ3n) is 8.97. The highest BCUT2D eigenvalue weighted by Crippen LogP contribution is 2.35. The van der Waals surface area contributed by atoms with Gasteiger partial charge in [-0.15, -0.1) is 5.10 Å². The molecular weight excluding hydrogens is 604 g/mol. The van der Waals surface area contributed by atoms with E-state index in [4.69, 9.17) is 20.8 Å². The zero-order valence-corrected chi connectivity index (χ0v) is 28.9. The van der Waals surface area contributed by atoms with Crippen LogP contribution >= 0.6 is 11.6 Å². The minimum Gasteiger partial charge on any atom is -0.456 e. The number of aromatic nitrogens is 5. The topological polar surface area (TPSA) is 108 Å². The number of carbonyl (C=O) groups is 2. The van der Waals surface area contributed by atoms with E-state index in [1.807, 2.05) is 102 Å². The molecule has 5 rings (SSSR count). The second kappa shape index (κ2) is 13.4. The number of nitrogens with zero attached hydrogens (tertiary/aromatic N) is 6. The summed E-state index contributed by atoms with van der Waals surface area (Å²) < 4.78 is 15.5. The molecule has 0 spiro atoms. The maximum Gasteiger partial charge on any atom is 0.340 e. The van der Waals surface area contributed by atoms with Gasteiger partial charge in [-0.3, -0.25) is 4.79 Å². The summed E-state index contributed by atoms with van der Waals surface area (Å²) in [4.78, 5) is 33.3. The van der Waals surface area contributed by atoms with E-state index < -0.39 is 5.60 Å². The standard InChI is InChI=1S/C35H45ClN6O4/c1-21-17-31(34(44)46-35(6,7)8)24(4)40(21)18-29-19-42(39-38-29)30-15-11-27(12-16-30)33(43)41(20-32-37-22(2)25(5)45-32)23(3)26-9-13-28(36)14-10-26/h9-10,13-14,17,19,23,27,30H,11-12,15-16,18,20H2,1-8H3. The van der Waals surface area contributed by atoms with Gasteiger partial charge in [0.25, 0.3) is 0 Å². The maximum atomic E-state index is 14.1. The summed E-state index contributed by atoms with van der Waals surface area (Å²) in [5, 5.41) is 9.58. The van der Waals surface area contributed by atoms with Gasteiger partial charge in [0.1, 0.15) is 17.1 Å². The van der Waals surface area contributed by atoms with Crippen LogP contribution < -0.4 is 0 Å². The predicted molar refractivity (Wildman–Crippen MR) is 176 cm³/mol. The first-order valence-electron chi connectivity index (χ1n) is 16.0. The van der Waals surface area contributed by atoms with Crippen LogP contribution in [0, 0.1) is 33.6 Å². The van der Waals surface area contributed by atoms with E-state index in [0.29, 0.717) is 29.6 Å². The quantitative estimate of drug-likeness (QED) is 0.173. The predicted octanol–water partition coefficient (Wildman–Crippen LogP) is 7.48. The van der Waals surface area contributed by atoms with E-state index in [0.717, 1.165) is 59.8 Å². The molecule has 1 saturated carbocycles. The highest BCUT2D eigenvalue weighted by atomic mass is 35.5. The Kier molecular flexibility index (Phi) is 9.77. The van der Waals surface area contributed by atoms with Crippen molar-refractivity contribution in [3.05, 3.63) is 87.1 Å². The van der Waals surface area contributed by atoms with Crippen LogP contribution in [-0.4, -0.2) is 46.9 Å². The van der Waals surface area contributed by atoms with Crippen LogP contribution in [0.1, 0.15) is 116 Å². The van der Waals surface area contributed by atoms with Gasteiger partial charge in [0.05, 0.1) is 42.6 Å². The first-order chi connectivity index (χ1) is 21.7. The Balaban J connectivity index is 1.25. The molecule has 4 aromatic rings. The van der Waals surface area contributed by atoms with Crippen molar-refractivity contribution in [3.63, 3.8) is 0 Å². The molecule has 0 aliphatic heterocycles.